The van der Waals surface area contributed by atoms with E-state index in [1.165, 1.54) is 13.2 Å². The number of rotatable bonds is 6. The van der Waals surface area contributed by atoms with E-state index in [0.29, 0.717) is 17.1 Å². The summed E-state index contributed by atoms with van der Waals surface area (Å²) in [6.45, 7) is 3.40. The lowest BCUT2D eigenvalue weighted by atomic mass is 10.00. The fraction of sp³-hybridized carbons (Fsp3) is 0.312. The van der Waals surface area contributed by atoms with Gasteiger partial charge in [-0.1, -0.05) is 19.9 Å². The Balaban J connectivity index is 3.12. The maximum atomic E-state index is 11.9. The minimum Gasteiger partial charge on any atom is -0.493 e. The molecule has 0 radical (unpaired) electrons. The van der Waals surface area contributed by atoms with Crippen LogP contribution in [0.4, 0.5) is 0 Å². The lowest BCUT2D eigenvalue weighted by Crippen LogP contribution is -2.08. The molecule has 0 atom stereocenters. The molecule has 1 aromatic rings. The molecule has 0 heterocycles. The Labute approximate surface area is 124 Å². The van der Waals surface area contributed by atoms with E-state index < -0.39 is 0 Å². The zero-order chi connectivity index (χ0) is 15.8. The number of methoxy groups -OCH3 is 1. The molecule has 21 heavy (non-hydrogen) atoms. The van der Waals surface area contributed by atoms with Crippen molar-refractivity contribution >= 4 is 11.9 Å². The second kappa shape index (κ2) is 7.72. The molecule has 0 amide bonds. The molecule has 0 bridgehead atoms. The van der Waals surface area contributed by atoms with Gasteiger partial charge in [0.25, 0.3) is 0 Å². The fourth-order valence-corrected chi connectivity index (χ4v) is 1.64. The molecule has 5 heteroatoms. The van der Waals surface area contributed by atoms with Gasteiger partial charge in [0.1, 0.15) is 12.1 Å². The van der Waals surface area contributed by atoms with Crippen LogP contribution in [-0.4, -0.2) is 19.5 Å². The molecule has 0 aromatic heterocycles. The first-order valence-corrected chi connectivity index (χ1v) is 6.37. The number of nitrogens with zero attached hydrogens (tertiary/aromatic N) is 2. The number of carbonyl (C=O) groups excluding carboxylic acids is 1. The molecule has 0 saturated heterocycles. The number of hydrogen-bond acceptors (Lipinski definition) is 5. The van der Waals surface area contributed by atoms with Gasteiger partial charge < -0.3 is 9.47 Å². The van der Waals surface area contributed by atoms with Gasteiger partial charge in [0.05, 0.1) is 12.7 Å². The highest BCUT2D eigenvalue weighted by molar-refractivity contribution is 6.04. The lowest BCUT2D eigenvalue weighted by Gasteiger charge is -2.09. The molecule has 0 fully saturated rings. The Morgan fingerprint density at radius 3 is 2.57 bits per heavy atom. The van der Waals surface area contributed by atoms with Crippen molar-refractivity contribution in [2.45, 2.75) is 13.8 Å². The van der Waals surface area contributed by atoms with Crippen LogP contribution in [0.2, 0.25) is 0 Å². The Hall–Kier alpha value is -2.79. The quantitative estimate of drug-likeness (QED) is 0.592. The Kier molecular flexibility index (Phi) is 5.98. The van der Waals surface area contributed by atoms with Gasteiger partial charge in [-0.05, 0) is 23.8 Å². The predicted octanol–water partition coefficient (Wildman–Crippen LogP) is 2.73. The molecular weight excluding hydrogens is 268 g/mol. The summed E-state index contributed by atoms with van der Waals surface area (Å²) >= 11 is 0. The second-order valence-corrected chi connectivity index (χ2v) is 4.55. The first kappa shape index (κ1) is 16.3. The minimum absolute atomic E-state index is 0.0825. The number of ketones is 1. The van der Waals surface area contributed by atoms with Crippen LogP contribution in [0.15, 0.2) is 23.8 Å². The van der Waals surface area contributed by atoms with Crippen LogP contribution < -0.4 is 9.47 Å². The van der Waals surface area contributed by atoms with Gasteiger partial charge in [0.15, 0.2) is 23.9 Å². The summed E-state index contributed by atoms with van der Waals surface area (Å²) in [5.74, 6) is 0.426. The second-order valence-electron chi connectivity index (χ2n) is 4.55. The van der Waals surface area contributed by atoms with E-state index in [2.05, 4.69) is 0 Å². The number of Topliss-reactive ketones (excluding diaryl/α,β-unsaturated/α-hetero) is 1. The molecule has 0 saturated carbocycles. The molecule has 5 nitrogen and oxygen atoms in total. The molecule has 0 aliphatic rings. The fourth-order valence-electron chi connectivity index (χ4n) is 1.64. The third-order valence-electron chi connectivity index (χ3n) is 2.70. The molecule has 1 aromatic carbocycles. The summed E-state index contributed by atoms with van der Waals surface area (Å²) < 4.78 is 10.4. The van der Waals surface area contributed by atoms with Crippen molar-refractivity contribution in [3.05, 3.63) is 29.3 Å². The van der Waals surface area contributed by atoms with Crippen molar-refractivity contribution in [1.29, 1.82) is 10.5 Å². The third-order valence-corrected chi connectivity index (χ3v) is 2.70. The third kappa shape index (κ3) is 4.36. The Morgan fingerprint density at radius 1 is 1.33 bits per heavy atom. The van der Waals surface area contributed by atoms with Crippen LogP contribution in [0.25, 0.3) is 6.08 Å². The SMILES string of the molecule is COc1cc(C=C(C#N)C(=O)C(C)C)ccc1OCC#N. The summed E-state index contributed by atoms with van der Waals surface area (Å²) in [4.78, 5) is 11.9. The maximum absolute atomic E-state index is 11.9. The minimum atomic E-state index is -0.240. The van der Waals surface area contributed by atoms with Gasteiger partial charge in [0.2, 0.25) is 0 Å². The zero-order valence-corrected chi connectivity index (χ0v) is 12.2. The zero-order valence-electron chi connectivity index (χ0n) is 12.2. The average molecular weight is 284 g/mol. The van der Waals surface area contributed by atoms with Crippen molar-refractivity contribution in [1.82, 2.24) is 0 Å². The van der Waals surface area contributed by atoms with E-state index in [-0.39, 0.29) is 23.9 Å². The van der Waals surface area contributed by atoms with E-state index in [9.17, 15) is 4.79 Å². The molecule has 0 aliphatic carbocycles. The number of hydrogen-bond donors (Lipinski definition) is 0. The number of carbonyl (C=O) groups is 1. The summed E-state index contributed by atoms with van der Waals surface area (Å²) in [6.07, 6.45) is 1.51. The molecule has 0 unspecified atom stereocenters. The topological polar surface area (TPSA) is 83.1 Å². The normalized spacial score (nSPS) is 10.7. The van der Waals surface area contributed by atoms with E-state index in [1.807, 2.05) is 12.1 Å². The molecule has 0 N–H and O–H groups in total. The number of allylic oxidation sites excluding steroid dienone is 1. The summed E-state index contributed by atoms with van der Waals surface area (Å²) in [7, 11) is 1.48. The van der Waals surface area contributed by atoms with E-state index in [4.69, 9.17) is 20.0 Å². The van der Waals surface area contributed by atoms with Crippen LogP contribution in [0.1, 0.15) is 19.4 Å². The van der Waals surface area contributed by atoms with Gasteiger partial charge in [-0.25, -0.2) is 0 Å². The lowest BCUT2D eigenvalue weighted by molar-refractivity contribution is -0.117. The van der Waals surface area contributed by atoms with E-state index >= 15 is 0 Å². The van der Waals surface area contributed by atoms with Gasteiger partial charge >= 0.3 is 0 Å². The average Bonchev–Trinajstić information content (AvgIpc) is 2.50. The molecule has 0 aliphatic heterocycles. The highest BCUT2D eigenvalue weighted by atomic mass is 16.5. The first-order chi connectivity index (χ1) is 10.0. The van der Waals surface area contributed by atoms with Crippen LogP contribution in [0.5, 0.6) is 11.5 Å². The van der Waals surface area contributed by atoms with Gasteiger partial charge in [-0.2, -0.15) is 10.5 Å². The van der Waals surface area contributed by atoms with Crippen LogP contribution in [0.3, 0.4) is 0 Å². The summed E-state index contributed by atoms with van der Waals surface area (Å²) in [5, 5.41) is 17.6. The Morgan fingerprint density at radius 2 is 2.05 bits per heavy atom. The van der Waals surface area contributed by atoms with Crippen LogP contribution >= 0.6 is 0 Å². The summed E-state index contributed by atoms with van der Waals surface area (Å²) in [6, 6.07) is 8.77. The largest absolute Gasteiger partial charge is 0.493 e. The highest BCUT2D eigenvalue weighted by Gasteiger charge is 2.14. The predicted molar refractivity (Wildman–Crippen MR) is 77.5 cm³/mol. The molecule has 108 valence electrons. The van der Waals surface area contributed by atoms with Crippen molar-refractivity contribution in [3.8, 4) is 23.6 Å². The van der Waals surface area contributed by atoms with Crippen molar-refractivity contribution in [2.24, 2.45) is 5.92 Å². The smallest absolute Gasteiger partial charge is 0.175 e. The maximum Gasteiger partial charge on any atom is 0.175 e. The van der Waals surface area contributed by atoms with Crippen LogP contribution in [0, 0.1) is 28.6 Å². The number of benzene rings is 1. The van der Waals surface area contributed by atoms with Crippen molar-refractivity contribution in [3.63, 3.8) is 0 Å². The Bertz CT molecular complexity index is 634. The van der Waals surface area contributed by atoms with Gasteiger partial charge in [-0.15, -0.1) is 0 Å². The molecular formula is C16H16N2O3. The highest BCUT2D eigenvalue weighted by Crippen LogP contribution is 2.29. The standard InChI is InChI=1S/C16H16N2O3/c1-11(2)16(19)13(10-18)8-12-4-5-14(21-7-6-17)15(9-12)20-3/h4-5,8-9,11H,7H2,1-3H3. The molecule has 0 spiro atoms. The summed E-state index contributed by atoms with van der Waals surface area (Å²) in [5.41, 5.74) is 0.749. The van der Waals surface area contributed by atoms with Gasteiger partial charge in [0, 0.05) is 5.92 Å². The first-order valence-electron chi connectivity index (χ1n) is 6.37. The van der Waals surface area contributed by atoms with Crippen molar-refractivity contribution < 1.29 is 14.3 Å². The van der Waals surface area contributed by atoms with Crippen molar-refractivity contribution in [2.75, 3.05) is 13.7 Å². The van der Waals surface area contributed by atoms with E-state index in [0.717, 1.165) is 0 Å². The van der Waals surface area contributed by atoms with Gasteiger partial charge in [-0.3, -0.25) is 4.79 Å². The number of ether oxygens (including phenoxy) is 2. The molecule has 1 rings (SSSR count). The monoisotopic (exact) mass is 284 g/mol. The van der Waals surface area contributed by atoms with E-state index in [1.54, 1.807) is 32.0 Å². The van der Waals surface area contributed by atoms with Crippen LogP contribution in [-0.2, 0) is 4.79 Å². The number of nitriles is 2.